The minimum absolute atomic E-state index is 0.0160. The lowest BCUT2D eigenvalue weighted by Crippen LogP contribution is -2.04. The zero-order valence-corrected chi connectivity index (χ0v) is 28.5. The van der Waals surface area contributed by atoms with E-state index in [-0.39, 0.29) is 5.84 Å². The predicted octanol–water partition coefficient (Wildman–Crippen LogP) is 9.98. The summed E-state index contributed by atoms with van der Waals surface area (Å²) in [5.74, 6) is 0.0160. The molecule has 0 saturated heterocycles. The van der Waals surface area contributed by atoms with E-state index in [2.05, 4.69) is 83.6 Å². The number of fused-ring (bicyclic) bond motifs is 8. The standard InChI is InChI=1S/C39H50N6/c1-9-22-24(11-3)33-20-35-26(13-5)28(15-7)38(44-35)30(17-18-37(40)41)39-29(16-8)27(14-6)36(45-39)21-34-25(12-4)23(10-2)32(43-34)19-31(22)42-33/h17-21,42-43H,9-16H2,1-8H3,(H3,40,41)/b18-17+,31-19?,32-19?,33-20?,34-21?,35-20?,36-21?,38-30?,39-30?. The first kappa shape index (κ1) is 32.2. The monoisotopic (exact) mass is 602 g/mol. The molecule has 0 saturated carbocycles. The van der Waals surface area contributed by atoms with Gasteiger partial charge in [-0.05, 0) is 126 Å². The van der Waals surface area contributed by atoms with Crippen molar-refractivity contribution in [2.45, 2.75) is 107 Å². The van der Waals surface area contributed by atoms with E-state index in [1.165, 1.54) is 55.6 Å². The molecule has 3 aromatic rings. The third kappa shape index (κ3) is 5.60. The number of nitrogens with two attached hydrogens (primary N) is 1. The van der Waals surface area contributed by atoms with Gasteiger partial charge < -0.3 is 15.7 Å². The van der Waals surface area contributed by atoms with Crippen molar-refractivity contribution < 1.29 is 0 Å². The van der Waals surface area contributed by atoms with Gasteiger partial charge in [0.05, 0.1) is 22.8 Å². The first-order valence-corrected chi connectivity index (χ1v) is 17.1. The van der Waals surface area contributed by atoms with E-state index >= 15 is 0 Å². The van der Waals surface area contributed by atoms with Crippen LogP contribution in [-0.4, -0.2) is 25.8 Å². The van der Waals surface area contributed by atoms with Gasteiger partial charge in [-0.2, -0.15) is 0 Å². The van der Waals surface area contributed by atoms with Crippen molar-refractivity contribution in [3.8, 4) is 0 Å². The number of nitrogens with one attached hydrogen (secondary N) is 3. The van der Waals surface area contributed by atoms with Crippen molar-refractivity contribution in [1.29, 1.82) is 5.41 Å². The predicted molar refractivity (Wildman–Crippen MR) is 194 cm³/mol. The van der Waals surface area contributed by atoms with Crippen LogP contribution >= 0.6 is 0 Å². The number of aryl methyl sites for hydroxylation is 4. The van der Waals surface area contributed by atoms with Crippen LogP contribution < -0.4 is 5.73 Å². The Kier molecular flexibility index (Phi) is 9.62. The lowest BCUT2D eigenvalue weighted by molar-refractivity contribution is 1.07. The highest BCUT2D eigenvalue weighted by atomic mass is 14.8. The summed E-state index contributed by atoms with van der Waals surface area (Å²) in [6, 6.07) is 6.87. The Balaban J connectivity index is 2.12. The van der Waals surface area contributed by atoms with E-state index in [1.54, 1.807) is 6.08 Å². The molecule has 0 unspecified atom stereocenters. The van der Waals surface area contributed by atoms with Gasteiger partial charge in [0, 0.05) is 27.6 Å². The molecule has 236 valence electrons. The van der Waals surface area contributed by atoms with Crippen LogP contribution in [0.25, 0.3) is 50.4 Å². The molecule has 6 nitrogen and oxygen atoms in total. The number of hydrogen-bond acceptors (Lipinski definition) is 3. The van der Waals surface area contributed by atoms with Gasteiger partial charge in [-0.25, -0.2) is 9.97 Å². The lowest BCUT2D eigenvalue weighted by Gasteiger charge is -2.09. The highest BCUT2D eigenvalue weighted by Gasteiger charge is 2.26. The largest absolute Gasteiger partial charge is 0.384 e. The molecule has 5 heterocycles. The van der Waals surface area contributed by atoms with Crippen molar-refractivity contribution >= 4 is 56.3 Å². The van der Waals surface area contributed by atoms with Gasteiger partial charge in [0.2, 0.25) is 0 Å². The molecular weight excluding hydrogens is 552 g/mol. The summed E-state index contributed by atoms with van der Waals surface area (Å²) in [5.41, 5.74) is 25.8. The molecule has 0 atom stereocenters. The van der Waals surface area contributed by atoms with Gasteiger partial charge in [-0.15, -0.1) is 0 Å². The fourth-order valence-corrected chi connectivity index (χ4v) is 7.55. The maximum atomic E-state index is 8.04. The van der Waals surface area contributed by atoms with Crippen LogP contribution in [-0.2, 0) is 25.7 Å². The van der Waals surface area contributed by atoms with Crippen LogP contribution in [0.4, 0.5) is 0 Å². The highest BCUT2D eigenvalue weighted by molar-refractivity contribution is 6.01. The van der Waals surface area contributed by atoms with Crippen LogP contribution in [0.2, 0.25) is 0 Å². The highest BCUT2D eigenvalue weighted by Crippen LogP contribution is 2.42. The SMILES string of the molecule is CCC1=C(CC)c2nc1cc1[nH]c(cc3[nH]c(cc4nc(c2/C=C/C(=N)N)C(CC)=C4CC)c(CC)c3CC)c(CC)c1CC. The van der Waals surface area contributed by atoms with E-state index in [4.69, 9.17) is 21.1 Å². The molecule has 45 heavy (non-hydrogen) atoms. The molecule has 0 amide bonds. The molecule has 0 aliphatic carbocycles. The maximum absolute atomic E-state index is 8.04. The number of aromatic amines is 2. The first-order chi connectivity index (χ1) is 21.8. The van der Waals surface area contributed by atoms with Gasteiger partial charge in [0.15, 0.2) is 0 Å². The molecule has 2 aliphatic heterocycles. The molecule has 2 aliphatic rings. The summed E-state index contributed by atoms with van der Waals surface area (Å²) in [5, 5.41) is 8.04. The molecule has 3 aromatic heterocycles. The summed E-state index contributed by atoms with van der Waals surface area (Å²) in [4.78, 5) is 18.5. The van der Waals surface area contributed by atoms with Crippen molar-refractivity contribution in [3.63, 3.8) is 0 Å². The first-order valence-electron chi connectivity index (χ1n) is 17.1. The van der Waals surface area contributed by atoms with Crippen LogP contribution in [0.15, 0.2) is 24.3 Å². The van der Waals surface area contributed by atoms with E-state index < -0.39 is 0 Å². The molecule has 0 radical (unpaired) electrons. The second kappa shape index (κ2) is 13.4. The Hall–Kier alpha value is -4.19. The Morgan fingerprint density at radius 2 is 0.933 bits per heavy atom. The van der Waals surface area contributed by atoms with Gasteiger partial charge in [-0.1, -0.05) is 55.4 Å². The van der Waals surface area contributed by atoms with Gasteiger partial charge in [0.1, 0.15) is 5.84 Å². The molecule has 5 rings (SSSR count). The molecule has 0 aromatic carbocycles. The second-order valence-corrected chi connectivity index (χ2v) is 11.9. The van der Waals surface area contributed by atoms with E-state index in [0.29, 0.717) is 0 Å². The summed E-state index contributed by atoms with van der Waals surface area (Å²) in [6.45, 7) is 17.9. The number of nitrogens with zero attached hydrogens (tertiary/aromatic N) is 2. The smallest absolute Gasteiger partial charge is 0.115 e. The fourth-order valence-electron chi connectivity index (χ4n) is 7.55. The Morgan fingerprint density at radius 1 is 0.578 bits per heavy atom. The van der Waals surface area contributed by atoms with Crippen LogP contribution in [0.1, 0.15) is 132 Å². The van der Waals surface area contributed by atoms with E-state index in [1.807, 2.05) is 6.08 Å². The van der Waals surface area contributed by atoms with Crippen LogP contribution in [0.3, 0.4) is 0 Å². The summed E-state index contributed by atoms with van der Waals surface area (Å²) in [6.07, 6.45) is 10.9. The van der Waals surface area contributed by atoms with Crippen molar-refractivity contribution in [2.24, 2.45) is 5.73 Å². The minimum Gasteiger partial charge on any atom is -0.384 e. The average Bonchev–Trinajstić information content (AvgIpc) is 3.76. The third-order valence-corrected chi connectivity index (χ3v) is 9.57. The number of hydrogen-bond donors (Lipinski definition) is 4. The molecule has 0 fully saturated rings. The second-order valence-electron chi connectivity index (χ2n) is 11.9. The van der Waals surface area contributed by atoms with Crippen molar-refractivity contribution in [1.82, 2.24) is 19.9 Å². The van der Waals surface area contributed by atoms with Crippen LogP contribution in [0.5, 0.6) is 0 Å². The summed E-state index contributed by atoms with van der Waals surface area (Å²) in [7, 11) is 0. The van der Waals surface area contributed by atoms with Crippen molar-refractivity contribution in [2.75, 3.05) is 0 Å². The summed E-state index contributed by atoms with van der Waals surface area (Å²) < 4.78 is 0. The number of H-pyrrole nitrogens is 2. The number of rotatable bonds is 10. The van der Waals surface area contributed by atoms with Crippen molar-refractivity contribution in [3.05, 3.63) is 74.9 Å². The molecule has 8 bridgehead atoms. The number of aromatic nitrogens is 4. The molecule has 0 spiro atoms. The Bertz CT molecular complexity index is 1780. The number of allylic oxidation sites excluding steroid dienone is 4. The Morgan fingerprint density at radius 3 is 1.24 bits per heavy atom. The van der Waals surface area contributed by atoms with E-state index in [0.717, 1.165) is 90.7 Å². The quantitative estimate of drug-likeness (QED) is 0.137. The average molecular weight is 603 g/mol. The fraction of sp³-hybridized carbons (Fsp3) is 0.410. The van der Waals surface area contributed by atoms with E-state index in [9.17, 15) is 0 Å². The summed E-state index contributed by atoms with van der Waals surface area (Å²) >= 11 is 0. The number of amidine groups is 1. The van der Waals surface area contributed by atoms with Gasteiger partial charge >= 0.3 is 0 Å². The van der Waals surface area contributed by atoms with Gasteiger partial charge in [0.25, 0.3) is 0 Å². The maximum Gasteiger partial charge on any atom is 0.115 e. The van der Waals surface area contributed by atoms with Gasteiger partial charge in [-0.3, -0.25) is 5.41 Å². The Labute approximate surface area is 268 Å². The molecular formula is C39H50N6. The lowest BCUT2D eigenvalue weighted by atomic mass is 9.93. The normalized spacial score (nSPS) is 13.5. The molecule has 5 N–H and O–H groups in total. The topological polar surface area (TPSA) is 107 Å². The molecule has 6 heteroatoms. The van der Waals surface area contributed by atoms with Crippen LogP contribution in [0, 0.1) is 5.41 Å². The zero-order chi connectivity index (χ0) is 32.4. The zero-order valence-electron chi connectivity index (χ0n) is 28.5. The minimum atomic E-state index is 0.0160. The third-order valence-electron chi connectivity index (χ3n) is 9.57.